The molecule has 0 fully saturated rings. The average Bonchev–Trinajstić information content (AvgIpc) is 2.80. The summed E-state index contributed by atoms with van der Waals surface area (Å²) in [5, 5.41) is 4.38. The Kier molecular flexibility index (Phi) is 4.44. The van der Waals surface area contributed by atoms with Gasteiger partial charge in [0.25, 0.3) is 0 Å². The minimum Gasteiger partial charge on any atom is -0.339 e. The summed E-state index contributed by atoms with van der Waals surface area (Å²) in [6.07, 6.45) is 3.62. The van der Waals surface area contributed by atoms with Crippen molar-refractivity contribution in [3.05, 3.63) is 41.7 Å². The number of aromatic nitrogens is 2. The molecule has 0 aliphatic carbocycles. The maximum absolute atomic E-state index is 4.22. The fourth-order valence-electron chi connectivity index (χ4n) is 1.66. The lowest BCUT2D eigenvalue weighted by Crippen LogP contribution is -2.22. The summed E-state index contributed by atoms with van der Waals surface area (Å²) >= 11 is 1.65. The summed E-state index contributed by atoms with van der Waals surface area (Å²) in [5.41, 5.74) is 2.67. The third-order valence-corrected chi connectivity index (χ3v) is 3.61. The van der Waals surface area contributed by atoms with Gasteiger partial charge in [-0.05, 0) is 30.2 Å². The molecule has 0 bridgehead atoms. The van der Waals surface area contributed by atoms with E-state index in [1.807, 2.05) is 6.20 Å². The molecule has 0 aliphatic rings. The Hall–Kier alpha value is -1.26. The molecule has 0 unspecified atom stereocenters. The van der Waals surface area contributed by atoms with Gasteiger partial charge in [0.15, 0.2) is 5.16 Å². The monoisotopic (exact) mass is 261 g/mol. The molecule has 0 radical (unpaired) electrons. The van der Waals surface area contributed by atoms with Crippen LogP contribution in [0.3, 0.4) is 0 Å². The second-order valence-electron chi connectivity index (χ2n) is 4.62. The third kappa shape index (κ3) is 3.62. The van der Waals surface area contributed by atoms with E-state index in [0.29, 0.717) is 6.04 Å². The summed E-state index contributed by atoms with van der Waals surface area (Å²) in [7, 11) is 0. The maximum Gasteiger partial charge on any atom is 0.170 e. The van der Waals surface area contributed by atoms with Gasteiger partial charge < -0.3 is 10.3 Å². The molecule has 2 aromatic rings. The van der Waals surface area contributed by atoms with Crippen LogP contribution in [0.2, 0.25) is 0 Å². The first kappa shape index (κ1) is 13.2. The van der Waals surface area contributed by atoms with Crippen LogP contribution in [-0.2, 0) is 6.54 Å². The third-order valence-electron chi connectivity index (χ3n) is 2.70. The molecule has 2 N–H and O–H groups in total. The van der Waals surface area contributed by atoms with Crippen LogP contribution in [0.5, 0.6) is 0 Å². The Morgan fingerprint density at radius 3 is 2.83 bits per heavy atom. The number of nitrogens with zero attached hydrogens (tertiary/aromatic N) is 1. The molecule has 18 heavy (non-hydrogen) atoms. The summed E-state index contributed by atoms with van der Waals surface area (Å²) in [4.78, 5) is 8.54. The molecule has 3 nitrogen and oxygen atoms in total. The van der Waals surface area contributed by atoms with Gasteiger partial charge in [0.05, 0.1) is 0 Å². The normalized spacial score (nSPS) is 11.1. The molecule has 0 spiro atoms. The highest BCUT2D eigenvalue weighted by Gasteiger charge is 2.03. The number of imidazole rings is 1. The van der Waals surface area contributed by atoms with Crippen molar-refractivity contribution in [2.75, 3.05) is 0 Å². The molecule has 4 heteroatoms. The number of aryl methyl sites for hydroxylation is 1. The van der Waals surface area contributed by atoms with Gasteiger partial charge in [0, 0.05) is 29.9 Å². The van der Waals surface area contributed by atoms with Crippen LogP contribution in [-0.4, -0.2) is 16.0 Å². The quantitative estimate of drug-likeness (QED) is 0.867. The van der Waals surface area contributed by atoms with Gasteiger partial charge >= 0.3 is 0 Å². The van der Waals surface area contributed by atoms with Crippen molar-refractivity contribution in [3.8, 4) is 0 Å². The van der Waals surface area contributed by atoms with Crippen molar-refractivity contribution in [1.82, 2.24) is 15.3 Å². The SMILES string of the molecule is Cc1cc(Sc2ncc[nH]2)ccc1CNC(C)C. The molecule has 2 rings (SSSR count). The maximum atomic E-state index is 4.22. The van der Waals surface area contributed by atoms with Crippen LogP contribution >= 0.6 is 11.8 Å². The first-order valence-corrected chi connectivity index (χ1v) is 6.97. The Labute approximate surface area is 112 Å². The van der Waals surface area contributed by atoms with Gasteiger partial charge in [-0.2, -0.15) is 0 Å². The number of nitrogens with one attached hydrogen (secondary N) is 2. The van der Waals surface area contributed by atoms with Crippen LogP contribution in [0.25, 0.3) is 0 Å². The molecule has 0 saturated carbocycles. The van der Waals surface area contributed by atoms with Crippen molar-refractivity contribution >= 4 is 11.8 Å². The molecule has 0 saturated heterocycles. The minimum atomic E-state index is 0.515. The second kappa shape index (κ2) is 6.07. The number of benzene rings is 1. The van der Waals surface area contributed by atoms with Crippen LogP contribution in [0.4, 0.5) is 0 Å². The van der Waals surface area contributed by atoms with Crippen molar-refractivity contribution in [3.63, 3.8) is 0 Å². The highest BCUT2D eigenvalue weighted by Crippen LogP contribution is 2.26. The summed E-state index contributed by atoms with van der Waals surface area (Å²) < 4.78 is 0. The van der Waals surface area contributed by atoms with Gasteiger partial charge in [-0.1, -0.05) is 31.7 Å². The van der Waals surface area contributed by atoms with Crippen molar-refractivity contribution in [2.45, 2.75) is 43.4 Å². The smallest absolute Gasteiger partial charge is 0.170 e. The van der Waals surface area contributed by atoms with Crippen LogP contribution in [0, 0.1) is 6.92 Å². The van der Waals surface area contributed by atoms with E-state index >= 15 is 0 Å². The summed E-state index contributed by atoms with van der Waals surface area (Å²) in [6.45, 7) is 7.41. The van der Waals surface area contributed by atoms with Crippen molar-refractivity contribution in [2.24, 2.45) is 0 Å². The minimum absolute atomic E-state index is 0.515. The van der Waals surface area contributed by atoms with E-state index in [0.717, 1.165) is 11.7 Å². The highest BCUT2D eigenvalue weighted by atomic mass is 32.2. The van der Waals surface area contributed by atoms with E-state index in [1.165, 1.54) is 16.0 Å². The largest absolute Gasteiger partial charge is 0.339 e. The fraction of sp³-hybridized carbons (Fsp3) is 0.357. The molecule has 96 valence electrons. The molecular formula is C14H19N3S. The predicted octanol–water partition coefficient (Wildman–Crippen LogP) is 3.37. The van der Waals surface area contributed by atoms with Gasteiger partial charge in [-0.3, -0.25) is 0 Å². The number of hydrogen-bond donors (Lipinski definition) is 2. The number of hydrogen-bond acceptors (Lipinski definition) is 3. The zero-order chi connectivity index (χ0) is 13.0. The summed E-state index contributed by atoms with van der Waals surface area (Å²) in [6, 6.07) is 7.07. The lowest BCUT2D eigenvalue weighted by molar-refractivity contribution is 0.587. The standard InChI is InChI=1S/C14H19N3S/c1-10(2)17-9-12-4-5-13(8-11(12)3)18-14-15-6-7-16-14/h4-8,10,17H,9H2,1-3H3,(H,15,16). The Morgan fingerprint density at radius 2 is 2.22 bits per heavy atom. The van der Waals surface area contributed by atoms with E-state index in [9.17, 15) is 0 Å². The van der Waals surface area contributed by atoms with E-state index in [2.05, 4.69) is 54.3 Å². The molecule has 0 amide bonds. The Morgan fingerprint density at radius 1 is 1.39 bits per heavy atom. The highest BCUT2D eigenvalue weighted by molar-refractivity contribution is 7.99. The van der Waals surface area contributed by atoms with Crippen LogP contribution < -0.4 is 5.32 Å². The Bertz CT molecular complexity index is 492. The zero-order valence-corrected chi connectivity index (χ0v) is 11.8. The van der Waals surface area contributed by atoms with E-state index < -0.39 is 0 Å². The molecule has 0 aliphatic heterocycles. The van der Waals surface area contributed by atoms with E-state index in [-0.39, 0.29) is 0 Å². The van der Waals surface area contributed by atoms with E-state index in [4.69, 9.17) is 0 Å². The average molecular weight is 261 g/mol. The van der Waals surface area contributed by atoms with Crippen LogP contribution in [0.1, 0.15) is 25.0 Å². The first-order chi connectivity index (χ1) is 8.65. The molecule has 1 heterocycles. The van der Waals surface area contributed by atoms with Gasteiger partial charge in [0.2, 0.25) is 0 Å². The molecule has 1 aromatic carbocycles. The number of H-pyrrole nitrogens is 1. The first-order valence-electron chi connectivity index (χ1n) is 6.15. The van der Waals surface area contributed by atoms with Gasteiger partial charge in [0.1, 0.15) is 0 Å². The zero-order valence-electron chi connectivity index (χ0n) is 11.0. The predicted molar refractivity (Wildman–Crippen MR) is 75.9 cm³/mol. The lowest BCUT2D eigenvalue weighted by atomic mass is 10.1. The fourth-order valence-corrected chi connectivity index (χ4v) is 2.50. The van der Waals surface area contributed by atoms with Gasteiger partial charge in [-0.15, -0.1) is 0 Å². The van der Waals surface area contributed by atoms with Gasteiger partial charge in [-0.25, -0.2) is 4.98 Å². The Balaban J connectivity index is 2.05. The second-order valence-corrected chi connectivity index (χ2v) is 5.68. The summed E-state index contributed by atoms with van der Waals surface area (Å²) in [5.74, 6) is 0. The lowest BCUT2D eigenvalue weighted by Gasteiger charge is -2.11. The number of rotatable bonds is 5. The van der Waals surface area contributed by atoms with Crippen LogP contribution in [0.15, 0.2) is 40.6 Å². The van der Waals surface area contributed by atoms with Crippen molar-refractivity contribution in [1.29, 1.82) is 0 Å². The molecule has 0 atom stereocenters. The van der Waals surface area contributed by atoms with Crippen molar-refractivity contribution < 1.29 is 0 Å². The molecular weight excluding hydrogens is 242 g/mol. The topological polar surface area (TPSA) is 40.7 Å². The number of aromatic amines is 1. The van der Waals surface area contributed by atoms with E-state index in [1.54, 1.807) is 18.0 Å². The molecule has 1 aromatic heterocycles.